The molecule has 0 aromatic heterocycles. The van der Waals surface area contributed by atoms with Gasteiger partial charge in [0, 0.05) is 5.56 Å². The molecule has 0 amide bonds. The van der Waals surface area contributed by atoms with Gasteiger partial charge in [0.1, 0.15) is 12.2 Å². The first-order valence-electron chi connectivity index (χ1n) is 5.52. The molecule has 1 aliphatic rings. The van der Waals surface area contributed by atoms with Gasteiger partial charge in [-0.2, -0.15) is 0 Å². The van der Waals surface area contributed by atoms with Crippen LogP contribution >= 0.6 is 0 Å². The Morgan fingerprint density at radius 3 is 2.59 bits per heavy atom. The van der Waals surface area contributed by atoms with Crippen molar-refractivity contribution in [1.82, 2.24) is 0 Å². The van der Waals surface area contributed by atoms with Crippen LogP contribution in [0.25, 0.3) is 0 Å². The number of rotatable bonds is 4. The number of aliphatic hydroxyl groups is 3. The Hall–Kier alpha value is -0.980. The van der Waals surface area contributed by atoms with Crippen molar-refractivity contribution in [3.05, 3.63) is 35.4 Å². The molecule has 1 aromatic carbocycles. The van der Waals surface area contributed by atoms with Crippen LogP contribution in [0.1, 0.15) is 23.5 Å². The maximum Gasteiger partial charge on any atom is 0.184 e. The van der Waals surface area contributed by atoms with E-state index in [0.29, 0.717) is 18.8 Å². The van der Waals surface area contributed by atoms with Crippen LogP contribution in [0.5, 0.6) is 0 Å². The van der Waals surface area contributed by atoms with E-state index in [1.54, 1.807) is 18.2 Å². The average Bonchev–Trinajstić information content (AvgIpc) is 2.91. The maximum absolute atomic E-state index is 9.76. The van der Waals surface area contributed by atoms with E-state index in [2.05, 4.69) is 0 Å². The molecule has 5 heteroatoms. The van der Waals surface area contributed by atoms with Gasteiger partial charge in [-0.3, -0.25) is 0 Å². The number of aliphatic hydroxyl groups excluding tert-OH is 3. The highest BCUT2D eigenvalue weighted by Gasteiger charge is 2.21. The lowest BCUT2D eigenvalue weighted by Gasteiger charge is -2.17. The van der Waals surface area contributed by atoms with Gasteiger partial charge in [-0.1, -0.05) is 18.2 Å². The smallest absolute Gasteiger partial charge is 0.184 e. The lowest BCUT2D eigenvalue weighted by atomic mass is 10.0. The average molecular weight is 240 g/mol. The van der Waals surface area contributed by atoms with Crippen LogP contribution in [-0.4, -0.2) is 41.2 Å². The highest BCUT2D eigenvalue weighted by molar-refractivity contribution is 5.27. The monoisotopic (exact) mass is 240 g/mol. The van der Waals surface area contributed by atoms with Crippen LogP contribution in [0.3, 0.4) is 0 Å². The van der Waals surface area contributed by atoms with Crippen molar-refractivity contribution < 1.29 is 24.8 Å². The summed E-state index contributed by atoms with van der Waals surface area (Å²) in [6.07, 6.45) is -2.70. The van der Waals surface area contributed by atoms with Gasteiger partial charge in [0.2, 0.25) is 0 Å². The zero-order valence-electron chi connectivity index (χ0n) is 9.32. The van der Waals surface area contributed by atoms with E-state index in [1.165, 1.54) is 0 Å². The number of hydrogen-bond donors (Lipinski definition) is 3. The molecule has 1 fully saturated rings. The first kappa shape index (κ1) is 12.5. The second kappa shape index (κ2) is 5.57. The van der Waals surface area contributed by atoms with E-state index in [-0.39, 0.29) is 0 Å². The topological polar surface area (TPSA) is 79.2 Å². The minimum Gasteiger partial charge on any atom is -0.394 e. The van der Waals surface area contributed by atoms with Crippen molar-refractivity contribution in [2.75, 3.05) is 19.8 Å². The van der Waals surface area contributed by atoms with E-state index in [0.717, 1.165) is 5.56 Å². The Morgan fingerprint density at radius 1 is 1.24 bits per heavy atom. The molecular weight excluding hydrogens is 224 g/mol. The lowest BCUT2D eigenvalue weighted by Crippen LogP contribution is -2.22. The fourth-order valence-corrected chi connectivity index (χ4v) is 1.76. The van der Waals surface area contributed by atoms with Crippen LogP contribution in [-0.2, 0) is 9.47 Å². The molecule has 1 saturated heterocycles. The number of hydrogen-bond acceptors (Lipinski definition) is 5. The van der Waals surface area contributed by atoms with Gasteiger partial charge >= 0.3 is 0 Å². The van der Waals surface area contributed by atoms with E-state index in [9.17, 15) is 10.2 Å². The fraction of sp³-hybridized carbons (Fsp3) is 0.500. The van der Waals surface area contributed by atoms with Gasteiger partial charge in [-0.15, -0.1) is 0 Å². The molecule has 2 unspecified atom stereocenters. The first-order chi connectivity index (χ1) is 8.22. The fourth-order valence-electron chi connectivity index (χ4n) is 1.76. The van der Waals surface area contributed by atoms with Crippen molar-refractivity contribution in [2.45, 2.75) is 18.5 Å². The Bertz CT molecular complexity index is 362. The van der Waals surface area contributed by atoms with Gasteiger partial charge in [0.05, 0.1) is 19.8 Å². The molecule has 1 aromatic rings. The molecule has 5 nitrogen and oxygen atoms in total. The molecule has 17 heavy (non-hydrogen) atoms. The molecular formula is C12H16O5. The molecule has 0 spiro atoms. The molecule has 0 saturated carbocycles. The minimum atomic E-state index is -1.18. The zero-order valence-corrected chi connectivity index (χ0v) is 9.32. The summed E-state index contributed by atoms with van der Waals surface area (Å²) in [4.78, 5) is 0. The standard InChI is InChI=1S/C12H16O5/c13-7-10(14)11(15)8-2-1-3-9(6-8)12-16-4-5-17-12/h1-3,6,10-15H,4-5,7H2. The van der Waals surface area contributed by atoms with Gasteiger partial charge < -0.3 is 24.8 Å². The summed E-state index contributed by atoms with van der Waals surface area (Å²) < 4.78 is 10.7. The third kappa shape index (κ3) is 2.83. The Kier molecular flexibility index (Phi) is 4.09. The van der Waals surface area contributed by atoms with Gasteiger partial charge in [0.25, 0.3) is 0 Å². The molecule has 0 bridgehead atoms. The van der Waals surface area contributed by atoms with Crippen LogP contribution in [0.15, 0.2) is 24.3 Å². The van der Waals surface area contributed by atoms with E-state index in [1.807, 2.05) is 6.07 Å². The third-order valence-corrected chi connectivity index (χ3v) is 2.70. The molecule has 3 N–H and O–H groups in total. The van der Waals surface area contributed by atoms with Gasteiger partial charge in [0.15, 0.2) is 6.29 Å². The molecule has 0 radical (unpaired) electrons. The van der Waals surface area contributed by atoms with Crippen molar-refractivity contribution in [1.29, 1.82) is 0 Å². The van der Waals surface area contributed by atoms with Gasteiger partial charge in [-0.25, -0.2) is 0 Å². The lowest BCUT2D eigenvalue weighted by molar-refractivity contribution is -0.0447. The number of ether oxygens (including phenoxy) is 2. The Morgan fingerprint density at radius 2 is 1.94 bits per heavy atom. The van der Waals surface area contributed by atoms with E-state index >= 15 is 0 Å². The van der Waals surface area contributed by atoms with Gasteiger partial charge in [-0.05, 0) is 11.6 Å². The highest BCUT2D eigenvalue weighted by atomic mass is 16.7. The number of benzene rings is 1. The molecule has 0 aliphatic carbocycles. The summed E-state index contributed by atoms with van der Waals surface area (Å²) in [5.74, 6) is 0. The largest absolute Gasteiger partial charge is 0.394 e. The van der Waals surface area contributed by atoms with Crippen molar-refractivity contribution in [3.8, 4) is 0 Å². The molecule has 1 heterocycles. The van der Waals surface area contributed by atoms with Crippen molar-refractivity contribution >= 4 is 0 Å². The SMILES string of the molecule is OCC(O)C(O)c1cccc(C2OCCO2)c1. The summed E-state index contributed by atoms with van der Waals surface area (Å²) in [7, 11) is 0. The second-order valence-corrected chi connectivity index (χ2v) is 3.94. The summed E-state index contributed by atoms with van der Waals surface area (Å²) in [6.45, 7) is 0.620. The zero-order chi connectivity index (χ0) is 12.3. The van der Waals surface area contributed by atoms with Crippen molar-refractivity contribution in [2.24, 2.45) is 0 Å². The second-order valence-electron chi connectivity index (χ2n) is 3.94. The Balaban J connectivity index is 2.15. The van der Waals surface area contributed by atoms with Crippen LogP contribution < -0.4 is 0 Å². The maximum atomic E-state index is 9.76. The van der Waals surface area contributed by atoms with Crippen molar-refractivity contribution in [3.63, 3.8) is 0 Å². The van der Waals surface area contributed by atoms with Crippen LogP contribution in [0.4, 0.5) is 0 Å². The predicted molar refractivity (Wildman–Crippen MR) is 59.1 cm³/mol. The summed E-state index contributed by atoms with van der Waals surface area (Å²) in [6, 6.07) is 6.97. The normalized spacial score (nSPS) is 20.4. The molecule has 2 rings (SSSR count). The predicted octanol–water partition coefficient (Wildman–Crippen LogP) is 0.119. The quantitative estimate of drug-likeness (QED) is 0.696. The van der Waals surface area contributed by atoms with Crippen LogP contribution in [0.2, 0.25) is 0 Å². The highest BCUT2D eigenvalue weighted by Crippen LogP contribution is 2.26. The first-order valence-corrected chi connectivity index (χ1v) is 5.52. The minimum absolute atomic E-state index is 0.409. The van der Waals surface area contributed by atoms with E-state index < -0.39 is 25.1 Å². The third-order valence-electron chi connectivity index (χ3n) is 2.70. The summed E-state index contributed by atoms with van der Waals surface area (Å²) in [5.41, 5.74) is 1.33. The molecule has 2 atom stereocenters. The summed E-state index contributed by atoms with van der Waals surface area (Å²) >= 11 is 0. The summed E-state index contributed by atoms with van der Waals surface area (Å²) in [5, 5.41) is 27.9. The Labute approximate surface area is 99.2 Å². The van der Waals surface area contributed by atoms with E-state index in [4.69, 9.17) is 14.6 Å². The molecule has 1 aliphatic heterocycles. The molecule has 94 valence electrons. The van der Waals surface area contributed by atoms with Crippen LogP contribution in [0, 0.1) is 0 Å².